The summed E-state index contributed by atoms with van der Waals surface area (Å²) < 4.78 is 0. The van der Waals surface area contributed by atoms with E-state index in [9.17, 15) is 0 Å². The monoisotopic (exact) mass is 260 g/mol. The summed E-state index contributed by atoms with van der Waals surface area (Å²) in [5.41, 5.74) is 1.46. The van der Waals surface area contributed by atoms with Crippen LogP contribution < -0.4 is 5.32 Å². The molecule has 1 aliphatic rings. The molecule has 1 N–H and O–H groups in total. The van der Waals surface area contributed by atoms with Crippen molar-refractivity contribution in [2.24, 2.45) is 5.92 Å². The van der Waals surface area contributed by atoms with Gasteiger partial charge in [0.2, 0.25) is 0 Å². The lowest BCUT2D eigenvalue weighted by Crippen LogP contribution is -2.34. The highest BCUT2D eigenvalue weighted by atomic mass is 15.2. The van der Waals surface area contributed by atoms with E-state index in [0.717, 1.165) is 19.0 Å². The van der Waals surface area contributed by atoms with Crippen molar-refractivity contribution in [1.82, 2.24) is 10.2 Å². The first kappa shape index (κ1) is 14.5. The normalized spacial score (nSPS) is 21.7. The van der Waals surface area contributed by atoms with Crippen molar-refractivity contribution in [3.05, 3.63) is 35.9 Å². The predicted octanol–water partition coefficient (Wildman–Crippen LogP) is 3.46. The topological polar surface area (TPSA) is 15.3 Å². The number of likely N-dealkylation sites (tertiary alicyclic amines) is 1. The third kappa shape index (κ3) is 4.05. The highest BCUT2D eigenvalue weighted by Gasteiger charge is 2.28. The lowest BCUT2D eigenvalue weighted by atomic mass is 10.0. The minimum Gasteiger partial charge on any atom is -0.315 e. The molecule has 2 atom stereocenters. The standard InChI is InChI=1S/C17H28N2/c1-3-8-15-11-12-19(14-15)17(13-18-4-2)16-9-6-5-7-10-16/h5-7,9-10,15,17-18H,3-4,8,11-14H2,1-2H3. The van der Waals surface area contributed by atoms with Gasteiger partial charge in [-0.3, -0.25) is 4.90 Å². The molecule has 1 heterocycles. The number of rotatable bonds is 7. The molecule has 1 fully saturated rings. The first-order valence-corrected chi connectivity index (χ1v) is 7.84. The van der Waals surface area contributed by atoms with E-state index in [4.69, 9.17) is 0 Å². The Hall–Kier alpha value is -0.860. The van der Waals surface area contributed by atoms with Crippen molar-refractivity contribution in [1.29, 1.82) is 0 Å². The maximum Gasteiger partial charge on any atom is 0.0472 e. The number of hydrogen-bond acceptors (Lipinski definition) is 2. The first-order chi connectivity index (χ1) is 9.35. The molecule has 2 unspecified atom stereocenters. The van der Waals surface area contributed by atoms with Gasteiger partial charge in [0.05, 0.1) is 0 Å². The Bertz CT molecular complexity index is 350. The molecule has 0 spiro atoms. The van der Waals surface area contributed by atoms with Gasteiger partial charge in [-0.05, 0) is 37.4 Å². The summed E-state index contributed by atoms with van der Waals surface area (Å²) in [6.45, 7) is 9.14. The summed E-state index contributed by atoms with van der Waals surface area (Å²) >= 11 is 0. The SMILES string of the molecule is CCCC1CCN(C(CNCC)c2ccccc2)C1. The molecule has 1 aromatic rings. The molecule has 0 amide bonds. The Labute approximate surface area is 118 Å². The number of benzene rings is 1. The Morgan fingerprint density at radius 2 is 2.05 bits per heavy atom. The molecule has 0 aliphatic carbocycles. The summed E-state index contributed by atoms with van der Waals surface area (Å²) in [4.78, 5) is 2.68. The maximum atomic E-state index is 3.53. The predicted molar refractivity (Wildman–Crippen MR) is 82.3 cm³/mol. The van der Waals surface area contributed by atoms with E-state index in [2.05, 4.69) is 54.4 Å². The van der Waals surface area contributed by atoms with Crippen molar-refractivity contribution in [2.75, 3.05) is 26.2 Å². The van der Waals surface area contributed by atoms with Crippen molar-refractivity contribution < 1.29 is 0 Å². The van der Waals surface area contributed by atoms with Gasteiger partial charge < -0.3 is 5.32 Å². The molecule has 0 aromatic heterocycles. The first-order valence-electron chi connectivity index (χ1n) is 7.84. The summed E-state index contributed by atoms with van der Waals surface area (Å²) in [6, 6.07) is 11.5. The zero-order valence-electron chi connectivity index (χ0n) is 12.4. The van der Waals surface area contributed by atoms with Gasteiger partial charge in [0, 0.05) is 19.1 Å². The molecule has 1 saturated heterocycles. The van der Waals surface area contributed by atoms with Crippen LogP contribution in [0.1, 0.15) is 44.7 Å². The van der Waals surface area contributed by atoms with E-state index in [0.29, 0.717) is 6.04 Å². The second-order valence-electron chi connectivity index (χ2n) is 5.67. The van der Waals surface area contributed by atoms with Gasteiger partial charge in [-0.15, -0.1) is 0 Å². The van der Waals surface area contributed by atoms with Crippen LogP contribution in [0.5, 0.6) is 0 Å². The van der Waals surface area contributed by atoms with Crippen molar-refractivity contribution in [3.63, 3.8) is 0 Å². The highest BCUT2D eigenvalue weighted by molar-refractivity contribution is 5.19. The molecule has 0 saturated carbocycles. The van der Waals surface area contributed by atoms with Crippen LogP contribution in [0, 0.1) is 5.92 Å². The molecule has 1 aliphatic heterocycles. The average molecular weight is 260 g/mol. The quantitative estimate of drug-likeness (QED) is 0.807. The summed E-state index contributed by atoms with van der Waals surface area (Å²) in [5.74, 6) is 0.915. The second-order valence-corrected chi connectivity index (χ2v) is 5.67. The van der Waals surface area contributed by atoms with Gasteiger partial charge in [-0.2, -0.15) is 0 Å². The third-order valence-corrected chi connectivity index (χ3v) is 4.23. The van der Waals surface area contributed by atoms with E-state index < -0.39 is 0 Å². The molecular formula is C17H28N2. The molecule has 1 aromatic carbocycles. The van der Waals surface area contributed by atoms with Crippen LogP contribution in [0.4, 0.5) is 0 Å². The van der Waals surface area contributed by atoms with Crippen LogP contribution in [-0.4, -0.2) is 31.1 Å². The van der Waals surface area contributed by atoms with Crippen molar-refractivity contribution in [2.45, 2.75) is 39.2 Å². The smallest absolute Gasteiger partial charge is 0.0472 e. The number of likely N-dealkylation sites (N-methyl/N-ethyl adjacent to an activating group) is 1. The van der Waals surface area contributed by atoms with Gasteiger partial charge in [0.25, 0.3) is 0 Å². The maximum absolute atomic E-state index is 3.53. The Balaban J connectivity index is 2.02. The number of nitrogens with one attached hydrogen (secondary N) is 1. The average Bonchev–Trinajstić information content (AvgIpc) is 2.89. The lowest BCUT2D eigenvalue weighted by molar-refractivity contribution is 0.229. The van der Waals surface area contributed by atoms with E-state index in [1.165, 1.54) is 37.9 Å². The zero-order valence-corrected chi connectivity index (χ0v) is 12.4. The Kier molecular flexibility index (Phi) is 5.87. The van der Waals surface area contributed by atoms with Gasteiger partial charge in [-0.25, -0.2) is 0 Å². The van der Waals surface area contributed by atoms with Crippen LogP contribution in [0.25, 0.3) is 0 Å². The minimum atomic E-state index is 0.544. The fraction of sp³-hybridized carbons (Fsp3) is 0.647. The molecule has 2 nitrogen and oxygen atoms in total. The van der Waals surface area contributed by atoms with E-state index >= 15 is 0 Å². The Morgan fingerprint density at radius 3 is 2.74 bits per heavy atom. The van der Waals surface area contributed by atoms with Crippen LogP contribution in [0.15, 0.2) is 30.3 Å². The summed E-state index contributed by atoms with van der Waals surface area (Å²) in [6.07, 6.45) is 4.09. The molecule has 0 radical (unpaired) electrons. The third-order valence-electron chi connectivity index (χ3n) is 4.23. The molecule has 2 heteroatoms. The minimum absolute atomic E-state index is 0.544. The highest BCUT2D eigenvalue weighted by Crippen LogP contribution is 2.29. The summed E-state index contributed by atoms with van der Waals surface area (Å²) in [7, 11) is 0. The van der Waals surface area contributed by atoms with Crippen LogP contribution in [-0.2, 0) is 0 Å². The molecule has 0 bridgehead atoms. The van der Waals surface area contributed by atoms with Crippen LogP contribution in [0.2, 0.25) is 0 Å². The van der Waals surface area contributed by atoms with Gasteiger partial charge in [0.1, 0.15) is 0 Å². The van der Waals surface area contributed by atoms with Gasteiger partial charge in [0.15, 0.2) is 0 Å². The molecular weight excluding hydrogens is 232 g/mol. The van der Waals surface area contributed by atoms with E-state index in [-0.39, 0.29) is 0 Å². The van der Waals surface area contributed by atoms with E-state index in [1.807, 2.05) is 0 Å². The van der Waals surface area contributed by atoms with Crippen molar-refractivity contribution >= 4 is 0 Å². The Morgan fingerprint density at radius 1 is 1.26 bits per heavy atom. The van der Waals surface area contributed by atoms with Crippen LogP contribution in [0.3, 0.4) is 0 Å². The second kappa shape index (κ2) is 7.66. The number of hydrogen-bond donors (Lipinski definition) is 1. The molecule has 106 valence electrons. The zero-order chi connectivity index (χ0) is 13.5. The lowest BCUT2D eigenvalue weighted by Gasteiger charge is -2.28. The summed E-state index contributed by atoms with van der Waals surface area (Å²) in [5, 5.41) is 3.53. The van der Waals surface area contributed by atoms with Gasteiger partial charge in [-0.1, -0.05) is 50.6 Å². The van der Waals surface area contributed by atoms with Gasteiger partial charge >= 0.3 is 0 Å². The van der Waals surface area contributed by atoms with Crippen molar-refractivity contribution in [3.8, 4) is 0 Å². The fourth-order valence-electron chi connectivity index (χ4n) is 3.20. The fourth-order valence-corrected chi connectivity index (χ4v) is 3.20. The van der Waals surface area contributed by atoms with E-state index in [1.54, 1.807) is 0 Å². The number of nitrogens with zero attached hydrogens (tertiary/aromatic N) is 1. The van der Waals surface area contributed by atoms with Crippen LogP contribution >= 0.6 is 0 Å². The molecule has 2 rings (SSSR count). The molecule has 19 heavy (non-hydrogen) atoms. The largest absolute Gasteiger partial charge is 0.315 e.